The number of carbonyl (C=O) groups is 1. The molecule has 2 rings (SSSR count). The van der Waals surface area contributed by atoms with Crippen LogP contribution in [0.1, 0.15) is 30.3 Å². The second-order valence-corrected chi connectivity index (χ2v) is 3.54. The molecule has 4 heteroatoms. The first-order valence-electron chi connectivity index (χ1n) is 4.40. The van der Waals surface area contributed by atoms with Crippen LogP contribution in [0.5, 0.6) is 0 Å². The van der Waals surface area contributed by atoms with Gasteiger partial charge in [-0.3, -0.25) is 4.79 Å². The van der Waals surface area contributed by atoms with E-state index in [4.69, 9.17) is 5.11 Å². The molecule has 0 amide bonds. The summed E-state index contributed by atoms with van der Waals surface area (Å²) in [6, 6.07) is 0. The monoisotopic (exact) mass is 180 g/mol. The first kappa shape index (κ1) is 8.29. The third kappa shape index (κ3) is 1.71. The summed E-state index contributed by atoms with van der Waals surface area (Å²) in [4.78, 5) is 14.8. The number of hydrogen-bond donors (Lipinski definition) is 1. The van der Waals surface area contributed by atoms with E-state index in [1.165, 1.54) is 12.8 Å². The summed E-state index contributed by atoms with van der Waals surface area (Å²) in [5.74, 6) is 0.416. The molecule has 13 heavy (non-hydrogen) atoms. The topological polar surface area (TPSA) is 55.1 Å². The Morgan fingerprint density at radius 2 is 2.46 bits per heavy atom. The highest BCUT2D eigenvalue weighted by Gasteiger charge is 2.26. The number of aryl methyl sites for hydroxylation is 1. The lowest BCUT2D eigenvalue weighted by molar-refractivity contribution is -0.136. The van der Waals surface area contributed by atoms with Gasteiger partial charge in [-0.2, -0.15) is 0 Å². The SMILES string of the molecule is Cn1cc(C2CC2)nc1CC(=O)O. The number of aromatic nitrogens is 2. The van der Waals surface area contributed by atoms with Gasteiger partial charge in [-0.05, 0) is 12.8 Å². The van der Waals surface area contributed by atoms with E-state index in [1.807, 2.05) is 17.8 Å². The molecule has 0 saturated heterocycles. The molecule has 0 radical (unpaired) electrons. The molecule has 0 unspecified atom stereocenters. The van der Waals surface area contributed by atoms with Crippen molar-refractivity contribution in [3.05, 3.63) is 17.7 Å². The molecule has 0 aromatic carbocycles. The molecule has 1 aliphatic carbocycles. The molecule has 1 aromatic rings. The van der Waals surface area contributed by atoms with E-state index < -0.39 is 5.97 Å². The number of imidazole rings is 1. The summed E-state index contributed by atoms with van der Waals surface area (Å²) < 4.78 is 1.81. The maximum absolute atomic E-state index is 10.5. The average molecular weight is 180 g/mol. The Morgan fingerprint density at radius 3 is 3.00 bits per heavy atom. The summed E-state index contributed by atoms with van der Waals surface area (Å²) in [6.07, 6.45) is 4.35. The highest BCUT2D eigenvalue weighted by molar-refractivity contribution is 5.69. The second kappa shape index (κ2) is 2.87. The van der Waals surface area contributed by atoms with Crippen molar-refractivity contribution in [2.45, 2.75) is 25.2 Å². The van der Waals surface area contributed by atoms with Crippen molar-refractivity contribution in [2.75, 3.05) is 0 Å². The molecule has 0 aliphatic heterocycles. The lowest BCUT2D eigenvalue weighted by Gasteiger charge is -1.94. The van der Waals surface area contributed by atoms with Crippen LogP contribution in [0.4, 0.5) is 0 Å². The third-order valence-corrected chi connectivity index (χ3v) is 2.30. The Hall–Kier alpha value is -1.32. The summed E-state index contributed by atoms with van der Waals surface area (Å²) in [5, 5.41) is 8.60. The lowest BCUT2D eigenvalue weighted by Crippen LogP contribution is -2.05. The zero-order chi connectivity index (χ0) is 9.42. The van der Waals surface area contributed by atoms with Gasteiger partial charge < -0.3 is 9.67 Å². The van der Waals surface area contributed by atoms with Crippen LogP contribution in [0, 0.1) is 0 Å². The summed E-state index contributed by atoms with van der Waals surface area (Å²) >= 11 is 0. The molecule has 0 atom stereocenters. The third-order valence-electron chi connectivity index (χ3n) is 2.30. The Morgan fingerprint density at radius 1 is 1.77 bits per heavy atom. The Bertz CT molecular complexity index is 339. The number of nitrogens with zero attached hydrogens (tertiary/aromatic N) is 2. The van der Waals surface area contributed by atoms with Crippen LogP contribution >= 0.6 is 0 Å². The standard InChI is InChI=1S/C9H12N2O2/c1-11-5-7(6-2-3-6)10-8(11)4-9(12)13/h5-6H,2-4H2,1H3,(H,12,13). The van der Waals surface area contributed by atoms with Gasteiger partial charge in [-0.15, -0.1) is 0 Å². The first-order chi connectivity index (χ1) is 6.16. The Kier molecular flexibility index (Phi) is 1.83. The lowest BCUT2D eigenvalue weighted by atomic mass is 10.3. The minimum Gasteiger partial charge on any atom is -0.481 e. The highest BCUT2D eigenvalue weighted by atomic mass is 16.4. The van der Waals surface area contributed by atoms with Crippen LogP contribution in [-0.4, -0.2) is 20.6 Å². The zero-order valence-electron chi connectivity index (χ0n) is 7.53. The number of carboxylic acids is 1. The molecule has 0 spiro atoms. The minimum absolute atomic E-state index is 0.0171. The van der Waals surface area contributed by atoms with Crippen molar-refractivity contribution in [1.82, 2.24) is 9.55 Å². The maximum atomic E-state index is 10.5. The quantitative estimate of drug-likeness (QED) is 0.752. The largest absolute Gasteiger partial charge is 0.481 e. The minimum atomic E-state index is -0.823. The number of carboxylic acid groups (broad SMARTS) is 1. The predicted octanol–water partition coefficient (Wildman–Crippen LogP) is 0.925. The molecule has 4 nitrogen and oxygen atoms in total. The Balaban J connectivity index is 2.19. The summed E-state index contributed by atoms with van der Waals surface area (Å²) in [6.45, 7) is 0. The van der Waals surface area contributed by atoms with Crippen molar-refractivity contribution in [3.63, 3.8) is 0 Å². The van der Waals surface area contributed by atoms with Crippen LogP contribution in [-0.2, 0) is 18.3 Å². The molecule has 1 N–H and O–H groups in total. The van der Waals surface area contributed by atoms with E-state index in [0.717, 1.165) is 5.69 Å². The second-order valence-electron chi connectivity index (χ2n) is 3.54. The van der Waals surface area contributed by atoms with Crippen molar-refractivity contribution < 1.29 is 9.90 Å². The first-order valence-corrected chi connectivity index (χ1v) is 4.40. The molecule has 1 saturated carbocycles. The summed E-state index contributed by atoms with van der Waals surface area (Å²) in [7, 11) is 1.84. The van der Waals surface area contributed by atoms with Gasteiger partial charge in [0.05, 0.1) is 5.69 Å². The van der Waals surface area contributed by atoms with Gasteiger partial charge in [0.1, 0.15) is 12.2 Å². The molecule has 0 bridgehead atoms. The molecule has 1 fully saturated rings. The van der Waals surface area contributed by atoms with E-state index in [2.05, 4.69) is 4.98 Å². The molecule has 1 aliphatic rings. The van der Waals surface area contributed by atoms with E-state index >= 15 is 0 Å². The van der Waals surface area contributed by atoms with Crippen LogP contribution in [0.3, 0.4) is 0 Å². The van der Waals surface area contributed by atoms with Crippen LogP contribution < -0.4 is 0 Å². The van der Waals surface area contributed by atoms with Crippen molar-refractivity contribution >= 4 is 5.97 Å². The normalized spacial score (nSPS) is 16.1. The van der Waals surface area contributed by atoms with Crippen molar-refractivity contribution in [2.24, 2.45) is 7.05 Å². The van der Waals surface area contributed by atoms with Crippen molar-refractivity contribution in [3.8, 4) is 0 Å². The van der Waals surface area contributed by atoms with E-state index in [9.17, 15) is 4.79 Å². The average Bonchev–Trinajstić information content (AvgIpc) is 2.79. The van der Waals surface area contributed by atoms with Crippen molar-refractivity contribution in [1.29, 1.82) is 0 Å². The van der Waals surface area contributed by atoms with Gasteiger partial charge in [-0.25, -0.2) is 4.98 Å². The number of aliphatic carboxylic acids is 1. The van der Waals surface area contributed by atoms with E-state index in [-0.39, 0.29) is 6.42 Å². The molecular weight excluding hydrogens is 168 g/mol. The predicted molar refractivity (Wildman–Crippen MR) is 46.5 cm³/mol. The maximum Gasteiger partial charge on any atom is 0.311 e. The van der Waals surface area contributed by atoms with Gasteiger partial charge in [0.25, 0.3) is 0 Å². The number of rotatable bonds is 3. The molecular formula is C9H12N2O2. The summed E-state index contributed by atoms with van der Waals surface area (Å²) in [5.41, 5.74) is 1.05. The van der Waals surface area contributed by atoms with Crippen LogP contribution in [0.2, 0.25) is 0 Å². The zero-order valence-corrected chi connectivity index (χ0v) is 7.53. The van der Waals surface area contributed by atoms with Gasteiger partial charge in [-0.1, -0.05) is 0 Å². The molecule has 70 valence electrons. The van der Waals surface area contributed by atoms with E-state index in [1.54, 1.807) is 0 Å². The fourth-order valence-corrected chi connectivity index (χ4v) is 1.40. The van der Waals surface area contributed by atoms with Gasteiger partial charge in [0.2, 0.25) is 0 Å². The Labute approximate surface area is 76.2 Å². The van der Waals surface area contributed by atoms with Crippen LogP contribution in [0.15, 0.2) is 6.20 Å². The van der Waals surface area contributed by atoms with Crippen LogP contribution in [0.25, 0.3) is 0 Å². The highest BCUT2D eigenvalue weighted by Crippen LogP contribution is 2.39. The van der Waals surface area contributed by atoms with Gasteiger partial charge >= 0.3 is 5.97 Å². The fraction of sp³-hybridized carbons (Fsp3) is 0.556. The molecule has 1 heterocycles. The fourth-order valence-electron chi connectivity index (χ4n) is 1.40. The number of hydrogen-bond acceptors (Lipinski definition) is 2. The molecule has 1 aromatic heterocycles. The van der Waals surface area contributed by atoms with Gasteiger partial charge in [0.15, 0.2) is 0 Å². The van der Waals surface area contributed by atoms with Gasteiger partial charge in [0, 0.05) is 19.2 Å². The smallest absolute Gasteiger partial charge is 0.311 e. The van der Waals surface area contributed by atoms with E-state index in [0.29, 0.717) is 11.7 Å².